The van der Waals surface area contributed by atoms with E-state index in [4.69, 9.17) is 0 Å². The van der Waals surface area contributed by atoms with Gasteiger partial charge in [-0.2, -0.15) is 0 Å². The Bertz CT molecular complexity index is 546. The van der Waals surface area contributed by atoms with Crippen molar-refractivity contribution in [3.63, 3.8) is 0 Å². The van der Waals surface area contributed by atoms with E-state index in [0.29, 0.717) is 0 Å². The lowest BCUT2D eigenvalue weighted by molar-refractivity contribution is 0.352. The van der Waals surface area contributed by atoms with Crippen molar-refractivity contribution in [2.75, 3.05) is 6.54 Å². The number of aryl methyl sites for hydroxylation is 1. The van der Waals surface area contributed by atoms with Crippen molar-refractivity contribution < 1.29 is 0 Å². The Morgan fingerprint density at radius 3 is 2.45 bits per heavy atom. The molecule has 1 heterocycles. The second-order valence-corrected chi connectivity index (χ2v) is 5.81. The molecule has 106 valence electrons. The monoisotopic (exact) mass is 268 g/mol. The van der Waals surface area contributed by atoms with Gasteiger partial charge in [-0.05, 0) is 36.2 Å². The minimum Gasteiger partial charge on any atom is -0.309 e. The summed E-state index contributed by atoms with van der Waals surface area (Å²) in [6.45, 7) is 9.83. The van der Waals surface area contributed by atoms with Crippen molar-refractivity contribution in [1.82, 2.24) is 10.3 Å². The Hall–Kier alpha value is -1.67. The van der Waals surface area contributed by atoms with E-state index in [0.717, 1.165) is 6.54 Å². The highest BCUT2D eigenvalue weighted by molar-refractivity contribution is 5.34. The van der Waals surface area contributed by atoms with Crippen molar-refractivity contribution in [3.05, 3.63) is 65.5 Å². The van der Waals surface area contributed by atoms with Crippen molar-refractivity contribution in [1.29, 1.82) is 0 Å². The standard InChI is InChI=1S/C18H24N2/c1-5-20-17(16-13-19-12-11-14(16)2)18(3,4)15-9-7-6-8-10-15/h6-13,17,20H,5H2,1-4H3. The molecule has 2 heteroatoms. The number of benzene rings is 1. The molecule has 2 aromatic rings. The smallest absolute Gasteiger partial charge is 0.0430 e. The third kappa shape index (κ3) is 2.91. The molecule has 0 aliphatic carbocycles. The minimum atomic E-state index is 0.00502. The number of rotatable bonds is 5. The quantitative estimate of drug-likeness (QED) is 0.886. The predicted molar refractivity (Wildman–Crippen MR) is 84.9 cm³/mol. The second-order valence-electron chi connectivity index (χ2n) is 5.81. The number of hydrogen-bond donors (Lipinski definition) is 1. The van der Waals surface area contributed by atoms with E-state index < -0.39 is 0 Å². The Labute approximate surface area is 122 Å². The summed E-state index contributed by atoms with van der Waals surface area (Å²) in [5.41, 5.74) is 3.91. The number of nitrogens with zero attached hydrogens (tertiary/aromatic N) is 1. The number of nitrogens with one attached hydrogen (secondary N) is 1. The summed E-state index contributed by atoms with van der Waals surface area (Å²) in [5, 5.41) is 3.64. The maximum absolute atomic E-state index is 4.32. The number of likely N-dealkylation sites (N-methyl/N-ethyl adjacent to an activating group) is 1. The highest BCUT2D eigenvalue weighted by Gasteiger charge is 2.32. The van der Waals surface area contributed by atoms with Gasteiger partial charge in [-0.3, -0.25) is 4.98 Å². The fourth-order valence-electron chi connectivity index (χ4n) is 2.77. The lowest BCUT2D eigenvalue weighted by Crippen LogP contribution is -2.38. The second kappa shape index (κ2) is 6.19. The Morgan fingerprint density at radius 1 is 1.15 bits per heavy atom. The maximum atomic E-state index is 4.32. The van der Waals surface area contributed by atoms with Gasteiger partial charge in [0.1, 0.15) is 0 Å². The van der Waals surface area contributed by atoms with Crippen LogP contribution in [-0.4, -0.2) is 11.5 Å². The van der Waals surface area contributed by atoms with Crippen LogP contribution in [0.2, 0.25) is 0 Å². The first-order chi connectivity index (χ1) is 9.57. The van der Waals surface area contributed by atoms with Crippen LogP contribution in [0.25, 0.3) is 0 Å². The van der Waals surface area contributed by atoms with Gasteiger partial charge in [0.15, 0.2) is 0 Å². The average Bonchev–Trinajstić information content (AvgIpc) is 2.46. The lowest BCUT2D eigenvalue weighted by atomic mass is 9.74. The molecule has 0 saturated heterocycles. The largest absolute Gasteiger partial charge is 0.309 e. The summed E-state index contributed by atoms with van der Waals surface area (Å²) in [5.74, 6) is 0. The molecule has 0 radical (unpaired) electrons. The van der Waals surface area contributed by atoms with Crippen LogP contribution < -0.4 is 5.32 Å². The Balaban J connectivity index is 2.45. The van der Waals surface area contributed by atoms with E-state index in [1.54, 1.807) is 0 Å². The molecule has 1 aromatic carbocycles. The third-order valence-corrected chi connectivity index (χ3v) is 4.04. The number of pyridine rings is 1. The van der Waals surface area contributed by atoms with Gasteiger partial charge in [-0.25, -0.2) is 0 Å². The molecule has 0 bridgehead atoms. The fraction of sp³-hybridized carbons (Fsp3) is 0.389. The van der Waals surface area contributed by atoms with E-state index in [9.17, 15) is 0 Å². The lowest BCUT2D eigenvalue weighted by Gasteiger charge is -2.36. The average molecular weight is 268 g/mol. The van der Waals surface area contributed by atoms with Crippen LogP contribution in [0.5, 0.6) is 0 Å². The van der Waals surface area contributed by atoms with Crippen LogP contribution >= 0.6 is 0 Å². The normalized spacial score (nSPS) is 13.2. The van der Waals surface area contributed by atoms with Crippen LogP contribution in [0, 0.1) is 6.92 Å². The van der Waals surface area contributed by atoms with Crippen LogP contribution in [0.15, 0.2) is 48.8 Å². The van der Waals surface area contributed by atoms with Crippen LogP contribution in [0.3, 0.4) is 0 Å². The molecule has 20 heavy (non-hydrogen) atoms. The zero-order valence-corrected chi connectivity index (χ0v) is 12.9. The molecule has 1 unspecified atom stereocenters. The number of aromatic nitrogens is 1. The summed E-state index contributed by atoms with van der Waals surface area (Å²) >= 11 is 0. The highest BCUT2D eigenvalue weighted by Crippen LogP contribution is 2.37. The Morgan fingerprint density at radius 2 is 1.85 bits per heavy atom. The van der Waals surface area contributed by atoms with E-state index >= 15 is 0 Å². The molecule has 0 aliphatic heterocycles. The van der Waals surface area contributed by atoms with Gasteiger partial charge >= 0.3 is 0 Å². The zero-order valence-electron chi connectivity index (χ0n) is 12.9. The van der Waals surface area contributed by atoms with E-state index in [-0.39, 0.29) is 11.5 Å². The first-order valence-electron chi connectivity index (χ1n) is 7.26. The maximum Gasteiger partial charge on any atom is 0.0430 e. The van der Waals surface area contributed by atoms with Crippen molar-refractivity contribution in [2.45, 2.75) is 39.2 Å². The Kier molecular flexibility index (Phi) is 4.56. The van der Waals surface area contributed by atoms with Gasteiger partial charge < -0.3 is 5.32 Å². The van der Waals surface area contributed by atoms with Gasteiger partial charge in [-0.15, -0.1) is 0 Å². The summed E-state index contributed by atoms with van der Waals surface area (Å²) in [7, 11) is 0. The van der Waals surface area contributed by atoms with Crippen molar-refractivity contribution >= 4 is 0 Å². The zero-order chi connectivity index (χ0) is 14.6. The molecule has 2 nitrogen and oxygen atoms in total. The summed E-state index contributed by atoms with van der Waals surface area (Å²) in [6, 6.07) is 13.0. The van der Waals surface area contributed by atoms with E-state index in [1.807, 2.05) is 12.4 Å². The predicted octanol–water partition coefficient (Wildman–Crippen LogP) is 4.02. The summed E-state index contributed by atoms with van der Waals surface area (Å²) in [6.07, 6.45) is 3.85. The topological polar surface area (TPSA) is 24.9 Å². The van der Waals surface area contributed by atoms with E-state index in [2.05, 4.69) is 74.4 Å². The molecule has 0 spiro atoms. The SMILES string of the molecule is CCNC(c1cnccc1C)C(C)(C)c1ccccc1. The first-order valence-corrected chi connectivity index (χ1v) is 7.26. The van der Waals surface area contributed by atoms with Gasteiger partial charge in [0.2, 0.25) is 0 Å². The molecule has 1 N–H and O–H groups in total. The molecule has 0 amide bonds. The van der Waals surface area contributed by atoms with Crippen LogP contribution in [0.1, 0.15) is 43.5 Å². The molecular formula is C18H24N2. The molecule has 1 aromatic heterocycles. The molecule has 2 rings (SSSR count). The first kappa shape index (κ1) is 14.7. The summed E-state index contributed by atoms with van der Waals surface area (Å²) < 4.78 is 0. The molecule has 0 fully saturated rings. The fourth-order valence-corrected chi connectivity index (χ4v) is 2.77. The van der Waals surface area contributed by atoms with Gasteiger partial charge in [-0.1, -0.05) is 51.1 Å². The van der Waals surface area contributed by atoms with Crippen LogP contribution in [-0.2, 0) is 5.41 Å². The molecular weight excluding hydrogens is 244 g/mol. The number of hydrogen-bond acceptors (Lipinski definition) is 2. The molecule has 0 saturated carbocycles. The third-order valence-electron chi connectivity index (χ3n) is 4.04. The summed E-state index contributed by atoms with van der Waals surface area (Å²) in [4.78, 5) is 4.32. The van der Waals surface area contributed by atoms with Gasteiger partial charge in [0, 0.05) is 23.9 Å². The van der Waals surface area contributed by atoms with Gasteiger partial charge in [0.05, 0.1) is 0 Å². The molecule has 1 atom stereocenters. The van der Waals surface area contributed by atoms with E-state index in [1.165, 1.54) is 16.7 Å². The van der Waals surface area contributed by atoms with Crippen molar-refractivity contribution in [3.8, 4) is 0 Å². The van der Waals surface area contributed by atoms with Crippen LogP contribution in [0.4, 0.5) is 0 Å². The highest BCUT2D eigenvalue weighted by atomic mass is 14.9. The minimum absolute atomic E-state index is 0.00502. The van der Waals surface area contributed by atoms with Gasteiger partial charge in [0.25, 0.3) is 0 Å². The molecule has 0 aliphatic rings. The van der Waals surface area contributed by atoms with Crippen molar-refractivity contribution in [2.24, 2.45) is 0 Å².